The van der Waals surface area contributed by atoms with E-state index in [1.807, 2.05) is 13.0 Å². The van der Waals surface area contributed by atoms with Gasteiger partial charge in [0, 0.05) is 12.6 Å². The largest absolute Gasteiger partial charge is 0.479 e. The number of benzene rings is 1. The molecule has 3 N–H and O–H groups in total. The van der Waals surface area contributed by atoms with Crippen LogP contribution in [0.5, 0.6) is 5.75 Å². The smallest absolute Gasteiger partial charge is 0.261 e. The number of hydrogen-bond acceptors (Lipinski definition) is 3. The quantitative estimate of drug-likeness (QED) is 0.895. The van der Waals surface area contributed by atoms with Gasteiger partial charge in [-0.2, -0.15) is 0 Å². The molecule has 1 aromatic rings. The predicted octanol–water partition coefficient (Wildman–Crippen LogP) is 2.41. The van der Waals surface area contributed by atoms with Crippen molar-refractivity contribution in [1.82, 2.24) is 5.32 Å². The molecule has 1 saturated heterocycles. The van der Waals surface area contributed by atoms with Crippen molar-refractivity contribution in [2.45, 2.75) is 38.3 Å². The van der Waals surface area contributed by atoms with Gasteiger partial charge in [0.2, 0.25) is 0 Å². The lowest BCUT2D eigenvalue weighted by Gasteiger charge is -2.17. The van der Waals surface area contributed by atoms with E-state index in [4.69, 9.17) is 22.1 Å². The molecule has 4 nitrogen and oxygen atoms in total. The minimum atomic E-state index is -0.457. The molecule has 2 rings (SSSR count). The molecule has 5 heteroatoms. The zero-order chi connectivity index (χ0) is 13.8. The van der Waals surface area contributed by atoms with Gasteiger partial charge in [-0.05, 0) is 43.9 Å². The monoisotopic (exact) mass is 282 g/mol. The fourth-order valence-electron chi connectivity index (χ4n) is 2.07. The van der Waals surface area contributed by atoms with Crippen LogP contribution in [-0.2, 0) is 4.79 Å². The molecule has 2 atom stereocenters. The van der Waals surface area contributed by atoms with E-state index in [9.17, 15) is 4.79 Å². The van der Waals surface area contributed by atoms with Gasteiger partial charge in [0.05, 0.1) is 5.02 Å². The summed E-state index contributed by atoms with van der Waals surface area (Å²) in [5, 5.41) is 3.33. The van der Waals surface area contributed by atoms with Crippen LogP contribution in [0.15, 0.2) is 18.2 Å². The van der Waals surface area contributed by atoms with Gasteiger partial charge in [0.15, 0.2) is 6.10 Å². The first kappa shape index (κ1) is 14.2. The van der Waals surface area contributed by atoms with Gasteiger partial charge in [0.25, 0.3) is 5.91 Å². The van der Waals surface area contributed by atoms with Gasteiger partial charge < -0.3 is 15.8 Å². The number of amides is 1. The minimum absolute atomic E-state index is 0.0650. The molecule has 1 aliphatic rings. The molecule has 0 radical (unpaired) electrons. The molecule has 19 heavy (non-hydrogen) atoms. The van der Waals surface area contributed by atoms with Crippen LogP contribution in [0.2, 0.25) is 5.02 Å². The Bertz CT molecular complexity index is 463. The fourth-order valence-corrected chi connectivity index (χ4v) is 2.31. The SMILES string of the molecule is CC(N)c1ccc(OC2CCCCNC2=O)c(Cl)c1. The van der Waals surface area contributed by atoms with Crippen LogP contribution in [0.25, 0.3) is 0 Å². The molecule has 1 aromatic carbocycles. The predicted molar refractivity (Wildman–Crippen MR) is 75.3 cm³/mol. The van der Waals surface area contributed by atoms with E-state index >= 15 is 0 Å². The first-order valence-corrected chi connectivity index (χ1v) is 6.95. The van der Waals surface area contributed by atoms with Crippen molar-refractivity contribution < 1.29 is 9.53 Å². The number of ether oxygens (including phenoxy) is 1. The van der Waals surface area contributed by atoms with Crippen molar-refractivity contribution in [1.29, 1.82) is 0 Å². The topological polar surface area (TPSA) is 64.3 Å². The van der Waals surface area contributed by atoms with Crippen LogP contribution in [0.4, 0.5) is 0 Å². The van der Waals surface area contributed by atoms with Gasteiger partial charge in [-0.3, -0.25) is 4.79 Å². The number of nitrogens with one attached hydrogen (secondary N) is 1. The van der Waals surface area contributed by atoms with E-state index in [2.05, 4.69) is 5.32 Å². The van der Waals surface area contributed by atoms with E-state index in [0.29, 0.717) is 10.8 Å². The van der Waals surface area contributed by atoms with Crippen LogP contribution in [0.1, 0.15) is 37.8 Å². The van der Waals surface area contributed by atoms with Gasteiger partial charge in [0.1, 0.15) is 5.75 Å². The summed E-state index contributed by atoms with van der Waals surface area (Å²) in [6.07, 6.45) is 2.22. The third-order valence-corrected chi connectivity index (χ3v) is 3.53. The summed E-state index contributed by atoms with van der Waals surface area (Å²) in [6.45, 7) is 2.61. The second-order valence-corrected chi connectivity index (χ2v) is 5.28. The zero-order valence-corrected chi connectivity index (χ0v) is 11.7. The Kier molecular flexibility index (Phi) is 4.66. The van der Waals surface area contributed by atoms with E-state index in [-0.39, 0.29) is 11.9 Å². The van der Waals surface area contributed by atoms with Crippen LogP contribution < -0.4 is 15.8 Å². The lowest BCUT2D eigenvalue weighted by Crippen LogP contribution is -2.36. The van der Waals surface area contributed by atoms with Gasteiger partial charge >= 0.3 is 0 Å². The second kappa shape index (κ2) is 6.26. The van der Waals surface area contributed by atoms with Gasteiger partial charge in [-0.25, -0.2) is 0 Å². The summed E-state index contributed by atoms with van der Waals surface area (Å²) in [5.41, 5.74) is 6.74. The number of hydrogen-bond donors (Lipinski definition) is 2. The highest BCUT2D eigenvalue weighted by Gasteiger charge is 2.23. The summed E-state index contributed by atoms with van der Waals surface area (Å²) in [5.74, 6) is 0.470. The minimum Gasteiger partial charge on any atom is -0.479 e. The molecule has 1 fully saturated rings. The highest BCUT2D eigenvalue weighted by Crippen LogP contribution is 2.29. The molecule has 1 amide bonds. The lowest BCUT2D eigenvalue weighted by atomic mass is 10.1. The molecule has 1 heterocycles. The maximum Gasteiger partial charge on any atom is 0.261 e. The molecule has 0 saturated carbocycles. The van der Waals surface area contributed by atoms with Crippen molar-refractivity contribution in [3.8, 4) is 5.75 Å². The van der Waals surface area contributed by atoms with Crippen molar-refractivity contribution in [2.75, 3.05) is 6.54 Å². The molecular formula is C14H19ClN2O2. The van der Waals surface area contributed by atoms with Gasteiger partial charge in [-0.15, -0.1) is 0 Å². The third-order valence-electron chi connectivity index (χ3n) is 3.24. The van der Waals surface area contributed by atoms with E-state index in [1.54, 1.807) is 12.1 Å². The van der Waals surface area contributed by atoms with Crippen molar-refractivity contribution in [3.63, 3.8) is 0 Å². The number of carbonyl (C=O) groups is 1. The Morgan fingerprint density at radius 3 is 2.95 bits per heavy atom. The molecule has 0 aromatic heterocycles. The van der Waals surface area contributed by atoms with Crippen molar-refractivity contribution >= 4 is 17.5 Å². The van der Waals surface area contributed by atoms with Gasteiger partial charge in [-0.1, -0.05) is 17.7 Å². The Morgan fingerprint density at radius 2 is 2.26 bits per heavy atom. The highest BCUT2D eigenvalue weighted by molar-refractivity contribution is 6.32. The number of carbonyl (C=O) groups excluding carboxylic acids is 1. The first-order valence-electron chi connectivity index (χ1n) is 6.57. The summed E-state index contributed by atoms with van der Waals surface area (Å²) >= 11 is 6.17. The van der Waals surface area contributed by atoms with E-state index in [0.717, 1.165) is 31.4 Å². The first-order chi connectivity index (χ1) is 9.08. The van der Waals surface area contributed by atoms with Crippen LogP contribution >= 0.6 is 11.6 Å². The molecule has 104 valence electrons. The molecule has 2 unspecified atom stereocenters. The third kappa shape index (κ3) is 3.61. The molecule has 1 aliphatic heterocycles. The maximum atomic E-state index is 11.8. The van der Waals surface area contributed by atoms with E-state index < -0.39 is 6.10 Å². The normalized spacial score (nSPS) is 21.4. The number of halogens is 1. The molecule has 0 bridgehead atoms. The Hall–Kier alpha value is -1.26. The average Bonchev–Trinajstić information content (AvgIpc) is 2.57. The standard InChI is InChI=1S/C14H19ClN2O2/c1-9(16)10-5-6-12(11(15)8-10)19-13-4-2-3-7-17-14(13)18/h5-6,8-9,13H,2-4,7,16H2,1H3,(H,17,18). The Labute approximate surface area is 118 Å². The fraction of sp³-hybridized carbons (Fsp3) is 0.500. The summed E-state index contributed by atoms with van der Waals surface area (Å²) in [7, 11) is 0. The molecular weight excluding hydrogens is 264 g/mol. The Morgan fingerprint density at radius 1 is 1.47 bits per heavy atom. The van der Waals surface area contributed by atoms with Crippen LogP contribution in [0.3, 0.4) is 0 Å². The van der Waals surface area contributed by atoms with E-state index in [1.165, 1.54) is 0 Å². The van der Waals surface area contributed by atoms with Crippen molar-refractivity contribution in [3.05, 3.63) is 28.8 Å². The zero-order valence-electron chi connectivity index (χ0n) is 11.0. The average molecular weight is 283 g/mol. The van der Waals surface area contributed by atoms with Crippen LogP contribution in [0, 0.1) is 0 Å². The lowest BCUT2D eigenvalue weighted by molar-refractivity contribution is -0.127. The number of nitrogens with two attached hydrogens (primary N) is 1. The molecule has 0 spiro atoms. The second-order valence-electron chi connectivity index (χ2n) is 4.87. The van der Waals surface area contributed by atoms with Crippen molar-refractivity contribution in [2.24, 2.45) is 5.73 Å². The molecule has 0 aliphatic carbocycles. The van der Waals surface area contributed by atoms with Crippen LogP contribution in [-0.4, -0.2) is 18.6 Å². The Balaban J connectivity index is 2.11. The summed E-state index contributed by atoms with van der Waals surface area (Å²) < 4.78 is 5.73. The summed E-state index contributed by atoms with van der Waals surface area (Å²) in [6, 6.07) is 5.36. The maximum absolute atomic E-state index is 11.8. The highest BCUT2D eigenvalue weighted by atomic mass is 35.5. The number of rotatable bonds is 3. The summed E-state index contributed by atoms with van der Waals surface area (Å²) in [4.78, 5) is 11.8.